The predicted octanol–water partition coefficient (Wildman–Crippen LogP) is 3.09. The molecule has 11 heteroatoms. The molecule has 174 valence electrons. The van der Waals surface area contributed by atoms with Crippen LogP contribution in [0.2, 0.25) is 0 Å². The number of benzene rings is 1. The Morgan fingerprint density at radius 3 is 2.82 bits per heavy atom. The molecule has 0 radical (unpaired) electrons. The second-order valence-electron chi connectivity index (χ2n) is 7.64. The normalized spacial score (nSPS) is 16.5. The lowest BCUT2D eigenvalue weighted by atomic mass is 9.97. The third-order valence-corrected chi connectivity index (χ3v) is 5.32. The maximum Gasteiger partial charge on any atom is 0.416 e. The maximum absolute atomic E-state index is 12.8. The molecule has 4 rings (SSSR count). The summed E-state index contributed by atoms with van der Waals surface area (Å²) in [4.78, 5) is 23.3. The lowest BCUT2D eigenvalue weighted by Gasteiger charge is -2.32. The number of nitrogens with zero attached hydrogens (tertiary/aromatic N) is 5. The van der Waals surface area contributed by atoms with E-state index in [-0.39, 0.29) is 30.7 Å². The Kier molecular flexibility index (Phi) is 6.76. The summed E-state index contributed by atoms with van der Waals surface area (Å²) in [6.07, 6.45) is 2.08. The fraction of sp³-hybridized carbons (Fsp3) is 0.364. The van der Waals surface area contributed by atoms with E-state index in [9.17, 15) is 18.0 Å². The van der Waals surface area contributed by atoms with E-state index in [2.05, 4.69) is 20.4 Å². The molecule has 2 aromatic heterocycles. The Hall–Kier alpha value is -3.63. The zero-order valence-corrected chi connectivity index (χ0v) is 17.7. The molecular formula is C22H23F3N6O2. The van der Waals surface area contributed by atoms with Crippen LogP contribution in [0.3, 0.4) is 0 Å². The first-order valence-corrected chi connectivity index (χ1v) is 10.5. The molecule has 33 heavy (non-hydrogen) atoms. The lowest BCUT2D eigenvalue weighted by molar-refractivity contribution is -0.137. The number of alkyl halides is 3. The van der Waals surface area contributed by atoms with Crippen LogP contribution in [-0.4, -0.2) is 51.9 Å². The van der Waals surface area contributed by atoms with Crippen molar-refractivity contribution in [1.82, 2.24) is 25.1 Å². The van der Waals surface area contributed by atoms with Gasteiger partial charge in [-0.3, -0.25) is 4.79 Å². The van der Waals surface area contributed by atoms with Crippen LogP contribution in [0, 0.1) is 5.92 Å². The molecule has 0 saturated carbocycles. The first-order valence-electron chi connectivity index (χ1n) is 10.5. The maximum atomic E-state index is 12.8. The van der Waals surface area contributed by atoms with Gasteiger partial charge in [0.1, 0.15) is 24.5 Å². The van der Waals surface area contributed by atoms with Crippen molar-refractivity contribution in [3.63, 3.8) is 0 Å². The van der Waals surface area contributed by atoms with E-state index in [4.69, 9.17) is 4.74 Å². The molecule has 1 fully saturated rings. The molecule has 1 amide bonds. The average molecular weight is 460 g/mol. The third-order valence-electron chi connectivity index (χ3n) is 5.32. The molecule has 1 aliphatic rings. The van der Waals surface area contributed by atoms with Crippen molar-refractivity contribution in [2.75, 3.05) is 31.1 Å². The zero-order chi connectivity index (χ0) is 23.3. The largest absolute Gasteiger partial charge is 0.492 e. The lowest BCUT2D eigenvalue weighted by Crippen LogP contribution is -2.44. The number of carbonyl (C=O) groups is 1. The van der Waals surface area contributed by atoms with E-state index >= 15 is 0 Å². The van der Waals surface area contributed by atoms with Crippen molar-refractivity contribution in [1.29, 1.82) is 0 Å². The number of anilines is 1. The van der Waals surface area contributed by atoms with Gasteiger partial charge in [0.25, 0.3) is 0 Å². The minimum Gasteiger partial charge on any atom is -0.492 e. The molecule has 1 unspecified atom stereocenters. The van der Waals surface area contributed by atoms with Gasteiger partial charge in [-0.1, -0.05) is 6.07 Å². The monoisotopic (exact) mass is 460 g/mol. The number of rotatable bonds is 7. The smallest absolute Gasteiger partial charge is 0.416 e. The summed E-state index contributed by atoms with van der Waals surface area (Å²) in [6, 6.07) is 8.31. The van der Waals surface area contributed by atoms with E-state index in [0.717, 1.165) is 37.3 Å². The number of nitrogens with one attached hydrogen (secondary N) is 1. The number of hydrogen-bond donors (Lipinski definition) is 1. The van der Waals surface area contributed by atoms with Gasteiger partial charge in [0, 0.05) is 31.5 Å². The van der Waals surface area contributed by atoms with Crippen LogP contribution in [0.15, 0.2) is 55.1 Å². The minimum atomic E-state index is -4.43. The van der Waals surface area contributed by atoms with E-state index in [0.29, 0.717) is 12.4 Å². The Labute approximate surface area is 188 Å². The van der Waals surface area contributed by atoms with Crippen LogP contribution in [0.1, 0.15) is 18.4 Å². The van der Waals surface area contributed by atoms with Crippen LogP contribution < -0.4 is 15.0 Å². The molecule has 0 aliphatic carbocycles. The summed E-state index contributed by atoms with van der Waals surface area (Å²) in [5.74, 6) is 1.13. The molecule has 1 N–H and O–H groups in total. The number of halogens is 3. The number of amides is 1. The van der Waals surface area contributed by atoms with Crippen molar-refractivity contribution in [2.45, 2.75) is 19.0 Å². The van der Waals surface area contributed by atoms with Crippen molar-refractivity contribution in [2.24, 2.45) is 5.92 Å². The first-order chi connectivity index (χ1) is 15.9. The highest BCUT2D eigenvalue weighted by atomic mass is 19.4. The second kappa shape index (κ2) is 9.88. The summed E-state index contributed by atoms with van der Waals surface area (Å²) in [5, 5.41) is 6.99. The summed E-state index contributed by atoms with van der Waals surface area (Å²) in [7, 11) is 0. The molecule has 1 aromatic carbocycles. The number of ether oxygens (including phenoxy) is 1. The van der Waals surface area contributed by atoms with Gasteiger partial charge in [0.15, 0.2) is 5.82 Å². The molecule has 0 bridgehead atoms. The SMILES string of the molecule is O=C(NCCOc1cccc(C(F)(F)F)c1)C1CCCN(c2cc(-n3cccn3)ncn2)C1. The number of carbonyl (C=O) groups excluding carboxylic acids is 1. The molecule has 8 nitrogen and oxygen atoms in total. The molecule has 0 spiro atoms. The predicted molar refractivity (Wildman–Crippen MR) is 114 cm³/mol. The summed E-state index contributed by atoms with van der Waals surface area (Å²) < 4.78 is 45.4. The van der Waals surface area contributed by atoms with Gasteiger partial charge in [-0.25, -0.2) is 14.6 Å². The van der Waals surface area contributed by atoms with Crippen molar-refractivity contribution in [3.8, 4) is 11.6 Å². The van der Waals surface area contributed by atoms with Gasteiger partial charge in [-0.2, -0.15) is 18.3 Å². The Morgan fingerprint density at radius 1 is 1.18 bits per heavy atom. The van der Waals surface area contributed by atoms with E-state index in [1.165, 1.54) is 18.5 Å². The number of aromatic nitrogens is 4. The molecule has 3 heterocycles. The van der Waals surface area contributed by atoms with E-state index in [1.807, 2.05) is 11.0 Å². The highest BCUT2D eigenvalue weighted by molar-refractivity contribution is 5.79. The molecule has 1 aliphatic heterocycles. The van der Waals surface area contributed by atoms with Crippen molar-refractivity contribution < 1.29 is 22.7 Å². The quantitative estimate of drug-likeness (QED) is 0.546. The van der Waals surface area contributed by atoms with Crippen LogP contribution >= 0.6 is 0 Å². The van der Waals surface area contributed by atoms with Gasteiger partial charge in [-0.15, -0.1) is 0 Å². The second-order valence-corrected chi connectivity index (χ2v) is 7.64. The molecule has 3 aromatic rings. The number of piperidine rings is 1. The average Bonchev–Trinajstić information content (AvgIpc) is 3.37. The standard InChI is InChI=1S/C22H23F3N6O2/c23-22(24,25)17-5-1-6-18(12-17)33-11-8-26-21(32)16-4-2-9-30(14-16)19-13-20(28-15-27-19)31-10-3-7-29-31/h1,3,5-7,10,12-13,15-16H,2,4,8-9,11,14H2,(H,26,32). The highest BCUT2D eigenvalue weighted by Crippen LogP contribution is 2.31. The molecule has 1 saturated heterocycles. The third kappa shape index (κ3) is 5.79. The minimum absolute atomic E-state index is 0.0720. The zero-order valence-electron chi connectivity index (χ0n) is 17.7. The van der Waals surface area contributed by atoms with Crippen LogP contribution in [0.4, 0.5) is 19.0 Å². The van der Waals surface area contributed by atoms with Gasteiger partial charge in [0.2, 0.25) is 5.91 Å². The summed E-state index contributed by atoms with van der Waals surface area (Å²) >= 11 is 0. The van der Waals surface area contributed by atoms with Gasteiger partial charge < -0.3 is 15.0 Å². The summed E-state index contributed by atoms with van der Waals surface area (Å²) in [5.41, 5.74) is -0.772. The van der Waals surface area contributed by atoms with Crippen LogP contribution in [-0.2, 0) is 11.0 Å². The fourth-order valence-corrected chi connectivity index (χ4v) is 3.69. The first kappa shape index (κ1) is 22.6. The highest BCUT2D eigenvalue weighted by Gasteiger charge is 2.30. The Balaban J connectivity index is 1.28. The van der Waals surface area contributed by atoms with Crippen LogP contribution in [0.25, 0.3) is 5.82 Å². The van der Waals surface area contributed by atoms with E-state index < -0.39 is 11.7 Å². The summed E-state index contributed by atoms with van der Waals surface area (Å²) in [6.45, 7) is 1.55. The van der Waals surface area contributed by atoms with E-state index in [1.54, 1.807) is 23.1 Å². The van der Waals surface area contributed by atoms with Gasteiger partial charge >= 0.3 is 6.18 Å². The van der Waals surface area contributed by atoms with Crippen molar-refractivity contribution >= 4 is 11.7 Å². The number of hydrogen-bond acceptors (Lipinski definition) is 6. The topological polar surface area (TPSA) is 85.2 Å². The van der Waals surface area contributed by atoms with Gasteiger partial charge in [-0.05, 0) is 37.1 Å². The molecular weight excluding hydrogens is 437 g/mol. The Morgan fingerprint density at radius 2 is 2.03 bits per heavy atom. The fourth-order valence-electron chi connectivity index (χ4n) is 3.69. The Bertz CT molecular complexity index is 1070. The van der Waals surface area contributed by atoms with Crippen LogP contribution in [0.5, 0.6) is 5.75 Å². The molecule has 1 atom stereocenters. The van der Waals surface area contributed by atoms with Crippen molar-refractivity contribution in [3.05, 3.63) is 60.7 Å². The van der Waals surface area contributed by atoms with Gasteiger partial charge in [0.05, 0.1) is 18.0 Å².